The lowest BCUT2D eigenvalue weighted by molar-refractivity contribution is -0.134. The Balaban J connectivity index is 1.64. The van der Waals surface area contributed by atoms with Crippen LogP contribution in [0.1, 0.15) is 50.5 Å². The Bertz CT molecular complexity index is 942. The molecule has 0 saturated carbocycles. The molecule has 2 aromatic carbocycles. The van der Waals surface area contributed by atoms with Crippen molar-refractivity contribution in [3.8, 4) is 0 Å². The van der Waals surface area contributed by atoms with Crippen LogP contribution in [0, 0.1) is 11.7 Å². The van der Waals surface area contributed by atoms with E-state index in [1.165, 1.54) is 6.07 Å². The summed E-state index contributed by atoms with van der Waals surface area (Å²) in [4.78, 5) is 29.8. The maximum atomic E-state index is 14.1. The monoisotopic (exact) mass is 439 g/mol. The molecule has 1 fully saturated rings. The van der Waals surface area contributed by atoms with Crippen LogP contribution >= 0.6 is 0 Å². The van der Waals surface area contributed by atoms with E-state index in [4.69, 9.17) is 0 Å². The Kier molecular flexibility index (Phi) is 7.22. The minimum Gasteiger partial charge on any atom is -0.366 e. The number of para-hydroxylation sites is 1. The molecule has 1 aliphatic heterocycles. The number of carbonyl (C=O) groups is 2. The van der Waals surface area contributed by atoms with E-state index in [1.807, 2.05) is 49.1 Å². The first-order valence-corrected chi connectivity index (χ1v) is 11.3. The van der Waals surface area contributed by atoms with E-state index in [2.05, 4.69) is 26.1 Å². The third-order valence-electron chi connectivity index (χ3n) is 6.02. The number of amides is 2. The normalized spacial score (nSPS) is 15.6. The van der Waals surface area contributed by atoms with Gasteiger partial charge in [0.2, 0.25) is 5.91 Å². The molecule has 1 heterocycles. The van der Waals surface area contributed by atoms with Gasteiger partial charge in [-0.1, -0.05) is 58.9 Å². The number of nitrogens with zero attached hydrogens (tertiary/aromatic N) is 2. The summed E-state index contributed by atoms with van der Waals surface area (Å²) in [6, 6.07) is 13.6. The second-order valence-corrected chi connectivity index (χ2v) is 9.79. The first-order valence-electron chi connectivity index (χ1n) is 11.3. The zero-order chi connectivity index (χ0) is 23.5. The van der Waals surface area contributed by atoms with Crippen LogP contribution in [0.25, 0.3) is 0 Å². The topological polar surface area (TPSA) is 52.7 Å². The molecular weight excluding hydrogens is 405 g/mol. The lowest BCUT2D eigenvalue weighted by atomic mass is 9.86. The van der Waals surface area contributed by atoms with Crippen molar-refractivity contribution in [1.29, 1.82) is 0 Å². The molecule has 2 aromatic rings. The van der Waals surface area contributed by atoms with Gasteiger partial charge in [-0.2, -0.15) is 0 Å². The summed E-state index contributed by atoms with van der Waals surface area (Å²) in [5, 5.41) is 2.94. The second-order valence-electron chi connectivity index (χ2n) is 9.79. The summed E-state index contributed by atoms with van der Waals surface area (Å²) >= 11 is 0. The summed E-state index contributed by atoms with van der Waals surface area (Å²) in [7, 11) is 0. The first kappa shape index (κ1) is 23.8. The van der Waals surface area contributed by atoms with Crippen LogP contribution in [0.3, 0.4) is 0 Å². The van der Waals surface area contributed by atoms with Crippen LogP contribution < -0.4 is 10.2 Å². The third-order valence-corrected chi connectivity index (χ3v) is 6.02. The fourth-order valence-corrected chi connectivity index (χ4v) is 3.93. The maximum Gasteiger partial charge on any atom is 0.251 e. The molecule has 0 bridgehead atoms. The van der Waals surface area contributed by atoms with Crippen molar-refractivity contribution in [1.82, 2.24) is 10.2 Å². The van der Waals surface area contributed by atoms with Crippen molar-refractivity contribution in [3.63, 3.8) is 0 Å². The van der Waals surface area contributed by atoms with Gasteiger partial charge in [0, 0.05) is 31.7 Å². The summed E-state index contributed by atoms with van der Waals surface area (Å²) in [6.45, 7) is 12.3. The number of anilines is 1. The Labute approximate surface area is 190 Å². The van der Waals surface area contributed by atoms with Gasteiger partial charge in [0.15, 0.2) is 0 Å². The van der Waals surface area contributed by atoms with E-state index in [9.17, 15) is 14.0 Å². The number of benzene rings is 2. The molecule has 1 saturated heterocycles. The van der Waals surface area contributed by atoms with Crippen molar-refractivity contribution in [2.75, 3.05) is 31.1 Å². The SMILES string of the molecule is CC(C)[C@H](NC(=O)c1ccc(C(C)(C)C)cc1)C(=O)N1CCN(c2ccccc2F)CC1. The second kappa shape index (κ2) is 9.72. The molecular formula is C26H34FN3O2. The van der Waals surface area contributed by atoms with E-state index in [0.717, 1.165) is 5.56 Å². The van der Waals surface area contributed by atoms with Gasteiger partial charge in [-0.25, -0.2) is 4.39 Å². The predicted molar refractivity (Wildman–Crippen MR) is 126 cm³/mol. The van der Waals surface area contributed by atoms with Crippen LogP contribution in [-0.4, -0.2) is 48.9 Å². The van der Waals surface area contributed by atoms with Gasteiger partial charge in [0.1, 0.15) is 11.9 Å². The highest BCUT2D eigenvalue weighted by Gasteiger charge is 2.31. The van der Waals surface area contributed by atoms with Crippen molar-refractivity contribution in [2.24, 2.45) is 5.92 Å². The number of rotatable bonds is 5. The highest BCUT2D eigenvalue weighted by atomic mass is 19.1. The van der Waals surface area contributed by atoms with Gasteiger partial charge in [0.05, 0.1) is 5.69 Å². The van der Waals surface area contributed by atoms with Crippen molar-refractivity contribution < 1.29 is 14.0 Å². The van der Waals surface area contributed by atoms with Gasteiger partial charge in [0.25, 0.3) is 5.91 Å². The molecule has 172 valence electrons. The predicted octanol–water partition coefficient (Wildman–Crippen LogP) is 4.23. The van der Waals surface area contributed by atoms with Crippen LogP contribution in [0.5, 0.6) is 0 Å². The van der Waals surface area contributed by atoms with E-state index in [0.29, 0.717) is 37.4 Å². The lowest BCUT2D eigenvalue weighted by Crippen LogP contribution is -2.56. The van der Waals surface area contributed by atoms with E-state index in [1.54, 1.807) is 17.0 Å². The summed E-state index contributed by atoms with van der Waals surface area (Å²) in [5.74, 6) is -0.641. The Morgan fingerprint density at radius 3 is 2.06 bits per heavy atom. The lowest BCUT2D eigenvalue weighted by Gasteiger charge is -2.38. The molecule has 0 radical (unpaired) electrons. The molecule has 1 N–H and O–H groups in total. The van der Waals surface area contributed by atoms with Crippen LogP contribution in [-0.2, 0) is 10.2 Å². The van der Waals surface area contributed by atoms with Gasteiger partial charge < -0.3 is 15.1 Å². The zero-order valence-electron chi connectivity index (χ0n) is 19.7. The minimum absolute atomic E-state index is 0.0102. The molecule has 2 amide bonds. The molecule has 3 rings (SSSR count). The minimum atomic E-state index is -0.607. The molecule has 0 aromatic heterocycles. The fourth-order valence-electron chi connectivity index (χ4n) is 3.93. The van der Waals surface area contributed by atoms with E-state index in [-0.39, 0.29) is 29.0 Å². The van der Waals surface area contributed by atoms with Crippen molar-refractivity contribution in [3.05, 3.63) is 65.5 Å². The standard InChI is InChI=1S/C26H34FN3O2/c1-18(2)23(28-24(31)19-10-12-20(13-11-19)26(3,4)5)25(32)30-16-14-29(15-17-30)22-9-7-6-8-21(22)27/h6-13,18,23H,14-17H2,1-5H3,(H,28,31)/t23-/m0/s1. The van der Waals surface area contributed by atoms with Crippen molar-refractivity contribution in [2.45, 2.75) is 46.1 Å². The van der Waals surface area contributed by atoms with Crippen LogP contribution in [0.15, 0.2) is 48.5 Å². The van der Waals surface area contributed by atoms with Crippen molar-refractivity contribution >= 4 is 17.5 Å². The molecule has 32 heavy (non-hydrogen) atoms. The van der Waals surface area contributed by atoms with Gasteiger partial charge in [-0.15, -0.1) is 0 Å². The van der Waals surface area contributed by atoms with E-state index < -0.39 is 6.04 Å². The molecule has 6 heteroatoms. The number of hydrogen-bond acceptors (Lipinski definition) is 3. The molecule has 1 aliphatic rings. The number of carbonyl (C=O) groups excluding carboxylic acids is 2. The Hall–Kier alpha value is -2.89. The maximum absolute atomic E-state index is 14.1. The molecule has 0 unspecified atom stereocenters. The summed E-state index contributed by atoms with van der Waals surface area (Å²) in [6.07, 6.45) is 0. The average Bonchev–Trinajstić information content (AvgIpc) is 2.76. The molecule has 5 nitrogen and oxygen atoms in total. The quantitative estimate of drug-likeness (QED) is 0.759. The van der Waals surface area contributed by atoms with Gasteiger partial charge in [-0.3, -0.25) is 9.59 Å². The molecule has 0 aliphatic carbocycles. The number of halogens is 1. The molecule has 1 atom stereocenters. The Morgan fingerprint density at radius 1 is 0.938 bits per heavy atom. The fraction of sp³-hybridized carbons (Fsp3) is 0.462. The summed E-state index contributed by atoms with van der Waals surface area (Å²) < 4.78 is 14.1. The summed E-state index contributed by atoms with van der Waals surface area (Å²) in [5.41, 5.74) is 2.27. The highest BCUT2D eigenvalue weighted by molar-refractivity contribution is 5.97. The number of piperazine rings is 1. The van der Waals surface area contributed by atoms with Crippen LogP contribution in [0.2, 0.25) is 0 Å². The smallest absolute Gasteiger partial charge is 0.251 e. The third kappa shape index (κ3) is 5.47. The number of nitrogens with one attached hydrogen (secondary N) is 1. The van der Waals surface area contributed by atoms with Crippen LogP contribution in [0.4, 0.5) is 10.1 Å². The largest absolute Gasteiger partial charge is 0.366 e. The van der Waals surface area contributed by atoms with Gasteiger partial charge >= 0.3 is 0 Å². The number of hydrogen-bond donors (Lipinski definition) is 1. The zero-order valence-corrected chi connectivity index (χ0v) is 19.7. The highest BCUT2D eigenvalue weighted by Crippen LogP contribution is 2.23. The van der Waals surface area contributed by atoms with Gasteiger partial charge in [-0.05, 0) is 41.2 Å². The van der Waals surface area contributed by atoms with E-state index >= 15 is 0 Å². The molecule has 0 spiro atoms. The average molecular weight is 440 g/mol. The first-order chi connectivity index (χ1) is 15.1. The Morgan fingerprint density at radius 2 is 1.53 bits per heavy atom.